The maximum Gasteiger partial charge on any atom is 0.280 e. The van der Waals surface area contributed by atoms with Gasteiger partial charge in [-0.1, -0.05) is 17.7 Å². The second-order valence-electron chi connectivity index (χ2n) is 5.98. The van der Waals surface area contributed by atoms with Gasteiger partial charge >= 0.3 is 0 Å². The largest absolute Gasteiger partial charge is 0.396 e. The van der Waals surface area contributed by atoms with Crippen molar-refractivity contribution >= 4 is 28.9 Å². The molecular formula is C17H23N5O2S. The van der Waals surface area contributed by atoms with Crippen molar-refractivity contribution in [1.29, 1.82) is 0 Å². The Morgan fingerprint density at radius 2 is 2.00 bits per heavy atom. The molecule has 1 fully saturated rings. The van der Waals surface area contributed by atoms with Crippen LogP contribution in [0, 0.1) is 11.8 Å². The topological polar surface area (TPSA) is 76.2 Å². The minimum atomic E-state index is -0.126. The van der Waals surface area contributed by atoms with Crippen molar-refractivity contribution in [2.45, 2.75) is 37.9 Å². The molecule has 2 aromatic heterocycles. The third-order valence-electron chi connectivity index (χ3n) is 4.30. The number of thioether (sulfide) groups is 1. The lowest BCUT2D eigenvalue weighted by Gasteiger charge is -2.27. The zero-order valence-corrected chi connectivity index (χ0v) is 15.5. The lowest BCUT2D eigenvalue weighted by Crippen LogP contribution is -2.32. The van der Waals surface area contributed by atoms with Gasteiger partial charge in [0.05, 0.1) is 13.2 Å². The summed E-state index contributed by atoms with van der Waals surface area (Å²) < 4.78 is 3.42. The van der Waals surface area contributed by atoms with E-state index in [0.717, 1.165) is 31.9 Å². The van der Waals surface area contributed by atoms with Crippen LogP contribution in [0.5, 0.6) is 0 Å². The standard InChI is InChI=1S/C17H23N5O2S/c1-3-4-10-22-13-14(18-16(22)21-8-6-5-7-9-21)19-17(25-12-11-23)20(2)15(13)24/h23H,5-12H2,1-2H3. The Kier molecular flexibility index (Phi) is 5.66. The second-order valence-corrected chi connectivity index (χ2v) is 7.04. The molecule has 1 saturated heterocycles. The Morgan fingerprint density at radius 3 is 2.68 bits per heavy atom. The van der Waals surface area contributed by atoms with E-state index in [1.165, 1.54) is 22.7 Å². The van der Waals surface area contributed by atoms with Crippen molar-refractivity contribution in [3.8, 4) is 11.8 Å². The summed E-state index contributed by atoms with van der Waals surface area (Å²) >= 11 is 1.36. The summed E-state index contributed by atoms with van der Waals surface area (Å²) in [5.41, 5.74) is 0.834. The summed E-state index contributed by atoms with van der Waals surface area (Å²) in [5.74, 6) is 7.22. The van der Waals surface area contributed by atoms with E-state index in [-0.39, 0.29) is 12.2 Å². The number of anilines is 1. The summed E-state index contributed by atoms with van der Waals surface area (Å²) in [5, 5.41) is 9.61. The Hall–Kier alpha value is -1.98. The summed E-state index contributed by atoms with van der Waals surface area (Å²) in [6.45, 7) is 4.14. The number of nitrogens with zero attached hydrogens (tertiary/aromatic N) is 5. The van der Waals surface area contributed by atoms with Crippen molar-refractivity contribution in [2.24, 2.45) is 7.05 Å². The van der Waals surface area contributed by atoms with E-state index in [2.05, 4.69) is 26.7 Å². The molecule has 25 heavy (non-hydrogen) atoms. The highest BCUT2D eigenvalue weighted by atomic mass is 32.2. The molecule has 1 N–H and O–H groups in total. The number of hydrogen-bond acceptors (Lipinski definition) is 6. The zero-order valence-electron chi connectivity index (χ0n) is 14.7. The van der Waals surface area contributed by atoms with Crippen LogP contribution >= 0.6 is 11.8 Å². The van der Waals surface area contributed by atoms with Crippen LogP contribution in [0.25, 0.3) is 11.2 Å². The van der Waals surface area contributed by atoms with Crippen molar-refractivity contribution in [3.05, 3.63) is 10.4 Å². The number of aliphatic hydroxyl groups is 1. The van der Waals surface area contributed by atoms with Crippen LogP contribution in [0.4, 0.5) is 5.95 Å². The van der Waals surface area contributed by atoms with Gasteiger partial charge in [0.2, 0.25) is 5.95 Å². The Balaban J connectivity index is 2.15. The second kappa shape index (κ2) is 7.93. The number of fused-ring (bicyclic) bond motifs is 1. The molecule has 2 aromatic rings. The van der Waals surface area contributed by atoms with Crippen molar-refractivity contribution in [2.75, 3.05) is 30.3 Å². The van der Waals surface area contributed by atoms with Gasteiger partial charge in [-0.25, -0.2) is 4.98 Å². The van der Waals surface area contributed by atoms with Crippen LogP contribution < -0.4 is 10.5 Å². The van der Waals surface area contributed by atoms with Crippen LogP contribution in [0.1, 0.15) is 26.2 Å². The number of imidazole rings is 1. The lowest BCUT2D eigenvalue weighted by molar-refractivity contribution is 0.322. The minimum absolute atomic E-state index is 0.0398. The van der Waals surface area contributed by atoms with E-state index < -0.39 is 0 Å². The number of aliphatic hydroxyl groups excluding tert-OH is 1. The number of aromatic nitrogens is 4. The van der Waals surface area contributed by atoms with E-state index in [1.54, 1.807) is 14.0 Å². The number of piperidine rings is 1. The molecule has 0 saturated carbocycles. The van der Waals surface area contributed by atoms with Crippen LogP contribution in [0.2, 0.25) is 0 Å². The van der Waals surface area contributed by atoms with Crippen molar-refractivity contribution in [1.82, 2.24) is 19.1 Å². The van der Waals surface area contributed by atoms with Crippen LogP contribution in [0.3, 0.4) is 0 Å². The van der Waals surface area contributed by atoms with Crippen LogP contribution in [0.15, 0.2) is 9.95 Å². The van der Waals surface area contributed by atoms with Gasteiger partial charge in [-0.2, -0.15) is 4.98 Å². The van der Waals surface area contributed by atoms with Gasteiger partial charge in [-0.15, -0.1) is 5.92 Å². The van der Waals surface area contributed by atoms with Gasteiger partial charge in [-0.05, 0) is 26.2 Å². The number of hydrogen-bond donors (Lipinski definition) is 1. The summed E-state index contributed by atoms with van der Waals surface area (Å²) in [4.78, 5) is 24.4. The zero-order chi connectivity index (χ0) is 17.8. The molecular weight excluding hydrogens is 338 g/mol. The molecule has 0 aliphatic carbocycles. The predicted octanol–water partition coefficient (Wildman–Crippen LogP) is 1.23. The van der Waals surface area contributed by atoms with Gasteiger partial charge < -0.3 is 10.0 Å². The third-order valence-corrected chi connectivity index (χ3v) is 5.31. The summed E-state index contributed by atoms with van der Waals surface area (Å²) in [6.07, 6.45) is 3.49. The molecule has 8 heteroatoms. The number of rotatable bonds is 5. The highest BCUT2D eigenvalue weighted by Gasteiger charge is 2.22. The molecule has 7 nitrogen and oxygen atoms in total. The van der Waals surface area contributed by atoms with Crippen molar-refractivity contribution in [3.63, 3.8) is 0 Å². The quantitative estimate of drug-likeness (QED) is 0.490. The highest BCUT2D eigenvalue weighted by molar-refractivity contribution is 7.99. The molecule has 0 bridgehead atoms. The fraction of sp³-hybridized carbons (Fsp3) is 0.588. The van der Waals surface area contributed by atoms with Gasteiger partial charge in [0, 0.05) is 25.9 Å². The molecule has 0 amide bonds. The molecule has 0 radical (unpaired) electrons. The molecule has 134 valence electrons. The van der Waals surface area contributed by atoms with Crippen molar-refractivity contribution < 1.29 is 5.11 Å². The Morgan fingerprint density at radius 1 is 1.24 bits per heavy atom. The first kappa shape index (κ1) is 17.8. The molecule has 0 atom stereocenters. The Labute approximate surface area is 151 Å². The van der Waals surface area contributed by atoms with E-state index >= 15 is 0 Å². The predicted molar refractivity (Wildman–Crippen MR) is 100 cm³/mol. The average Bonchev–Trinajstić information content (AvgIpc) is 3.01. The van der Waals surface area contributed by atoms with Gasteiger partial charge in [0.1, 0.15) is 0 Å². The van der Waals surface area contributed by atoms with E-state index in [9.17, 15) is 4.79 Å². The minimum Gasteiger partial charge on any atom is -0.396 e. The highest BCUT2D eigenvalue weighted by Crippen LogP contribution is 2.24. The molecule has 1 aliphatic rings. The molecule has 3 rings (SSSR count). The van der Waals surface area contributed by atoms with Gasteiger partial charge in [-0.3, -0.25) is 13.9 Å². The lowest BCUT2D eigenvalue weighted by atomic mass is 10.1. The molecule has 3 heterocycles. The first-order chi connectivity index (χ1) is 12.2. The van der Waals surface area contributed by atoms with Gasteiger partial charge in [0.15, 0.2) is 16.3 Å². The van der Waals surface area contributed by atoms with Crippen LogP contribution in [-0.4, -0.2) is 49.7 Å². The van der Waals surface area contributed by atoms with E-state index in [1.807, 2.05) is 4.57 Å². The maximum absolute atomic E-state index is 12.9. The monoisotopic (exact) mass is 361 g/mol. The van der Waals surface area contributed by atoms with Gasteiger partial charge in [0.25, 0.3) is 5.56 Å². The molecule has 1 aliphatic heterocycles. The maximum atomic E-state index is 12.9. The smallest absolute Gasteiger partial charge is 0.280 e. The summed E-state index contributed by atoms with van der Waals surface area (Å²) in [6, 6.07) is 0. The average molecular weight is 361 g/mol. The first-order valence-corrected chi connectivity index (χ1v) is 9.51. The molecule has 0 spiro atoms. The Bertz CT molecular complexity index is 871. The first-order valence-electron chi connectivity index (χ1n) is 8.53. The van der Waals surface area contributed by atoms with E-state index in [4.69, 9.17) is 5.11 Å². The normalized spacial score (nSPS) is 14.6. The fourth-order valence-corrected chi connectivity index (χ4v) is 3.74. The van der Waals surface area contributed by atoms with Crippen LogP contribution in [-0.2, 0) is 13.6 Å². The fourth-order valence-electron chi connectivity index (χ4n) is 3.04. The summed E-state index contributed by atoms with van der Waals surface area (Å²) in [7, 11) is 1.71. The molecule has 0 unspecified atom stereocenters. The third kappa shape index (κ3) is 3.53. The van der Waals surface area contributed by atoms with E-state index in [0.29, 0.717) is 28.6 Å². The SMILES string of the molecule is CC#CCn1c(N2CCCCC2)nc2nc(SCCO)n(C)c(=O)c21. The molecule has 0 aromatic carbocycles.